The number of thioether (sulfide) groups is 1. The second-order valence-corrected chi connectivity index (χ2v) is 3.07. The van der Waals surface area contributed by atoms with Crippen molar-refractivity contribution in [2.24, 2.45) is 0 Å². The zero-order chi connectivity index (χ0) is 11.7. The second kappa shape index (κ2) is 8.32. The van der Waals surface area contributed by atoms with E-state index in [1.165, 1.54) is 11.3 Å². The highest BCUT2D eigenvalue weighted by Crippen LogP contribution is 2.20. The molecule has 0 unspecified atom stereocenters. The topological polar surface area (TPSA) is 46.3 Å². The van der Waals surface area contributed by atoms with Gasteiger partial charge in [0.2, 0.25) is 0 Å². The monoisotopic (exact) mass is 227 g/mol. The highest BCUT2D eigenvalue weighted by Gasteiger charge is 1.97. The lowest BCUT2D eigenvalue weighted by atomic mass is 10.3. The van der Waals surface area contributed by atoms with Crippen LogP contribution in [0.1, 0.15) is 13.8 Å². The molecule has 0 bridgehead atoms. The number of aromatic nitrogens is 1. The molecular weight excluding hydrogens is 210 g/mol. The van der Waals surface area contributed by atoms with Crippen molar-refractivity contribution in [2.45, 2.75) is 18.7 Å². The van der Waals surface area contributed by atoms with E-state index in [-0.39, 0.29) is 0 Å². The molecule has 4 heteroatoms. The van der Waals surface area contributed by atoms with Gasteiger partial charge in [0, 0.05) is 12.0 Å². The molecule has 84 valence electrons. The highest BCUT2D eigenvalue weighted by atomic mass is 32.2. The first-order valence-corrected chi connectivity index (χ1v) is 5.94. The Morgan fingerprint density at radius 3 is 2.53 bits per heavy atom. The number of hydrogen-bond acceptors (Lipinski definition) is 4. The zero-order valence-electron chi connectivity index (χ0n) is 9.52. The molecule has 1 aromatic carbocycles. The van der Waals surface area contributed by atoms with Crippen molar-refractivity contribution in [3.63, 3.8) is 0 Å². The second-order valence-electron chi connectivity index (χ2n) is 2.19. The molecule has 2 aromatic rings. The van der Waals surface area contributed by atoms with Crippen molar-refractivity contribution in [2.75, 3.05) is 13.4 Å². The maximum Gasteiger partial charge on any atom is 0.181 e. The van der Waals surface area contributed by atoms with E-state index in [1.54, 1.807) is 11.8 Å². The molecule has 0 aliphatic rings. The van der Waals surface area contributed by atoms with Gasteiger partial charge in [-0.2, -0.15) is 0 Å². The predicted octanol–water partition coefficient (Wildman–Crippen LogP) is 3.18. The van der Waals surface area contributed by atoms with E-state index in [0.29, 0.717) is 0 Å². The van der Waals surface area contributed by atoms with Crippen LogP contribution in [0.4, 0.5) is 0 Å². The molecule has 0 radical (unpaired) electrons. The van der Waals surface area contributed by atoms with Crippen LogP contribution < -0.4 is 0 Å². The largest absolute Gasteiger partial charge is 0.443 e. The van der Waals surface area contributed by atoms with E-state index in [0.717, 1.165) is 18.2 Å². The third-order valence-corrected chi connectivity index (χ3v) is 2.26. The minimum Gasteiger partial charge on any atom is -0.443 e. The molecule has 0 aliphatic carbocycles. The summed E-state index contributed by atoms with van der Waals surface area (Å²) < 4.78 is 5.10. The van der Waals surface area contributed by atoms with Crippen LogP contribution in [-0.4, -0.2) is 23.5 Å². The number of nitrogens with zero attached hydrogens (tertiary/aromatic N) is 1. The van der Waals surface area contributed by atoms with Gasteiger partial charge in [-0.25, -0.2) is 4.98 Å². The van der Waals surface area contributed by atoms with Crippen LogP contribution in [-0.2, 0) is 0 Å². The fraction of sp³-hybridized carbons (Fsp3) is 0.364. The van der Waals surface area contributed by atoms with Crippen LogP contribution in [0.5, 0.6) is 0 Å². The molecule has 0 spiro atoms. The van der Waals surface area contributed by atoms with Crippen LogP contribution in [0, 0.1) is 0 Å². The molecule has 0 saturated carbocycles. The van der Waals surface area contributed by atoms with Crippen LogP contribution in [0.15, 0.2) is 33.9 Å². The Hall–Kier alpha value is -1.00. The average molecular weight is 227 g/mol. The van der Waals surface area contributed by atoms with Gasteiger partial charge in [0.15, 0.2) is 12.0 Å². The Kier molecular flexibility index (Phi) is 7.77. The maximum absolute atomic E-state index is 7.00. The van der Waals surface area contributed by atoms with Crippen molar-refractivity contribution in [1.82, 2.24) is 4.98 Å². The molecule has 1 heterocycles. The van der Waals surface area contributed by atoms with Gasteiger partial charge in [-0.05, 0) is 24.5 Å². The summed E-state index contributed by atoms with van der Waals surface area (Å²) in [6, 6.07) is 5.98. The van der Waals surface area contributed by atoms with Gasteiger partial charge in [-0.3, -0.25) is 0 Å². The summed E-state index contributed by atoms with van der Waals surface area (Å²) in [5.74, 6) is 0. The van der Waals surface area contributed by atoms with Gasteiger partial charge in [-0.15, -0.1) is 11.8 Å². The first-order valence-electron chi connectivity index (χ1n) is 4.72. The number of aliphatic hydroxyl groups excluding tert-OH is 1. The summed E-state index contributed by atoms with van der Waals surface area (Å²) in [5, 5.41) is 7.00. The molecule has 1 N–H and O–H groups in total. The van der Waals surface area contributed by atoms with Gasteiger partial charge < -0.3 is 9.52 Å². The molecular formula is C11H17NO2S. The van der Waals surface area contributed by atoms with Crippen molar-refractivity contribution in [3.05, 3.63) is 24.6 Å². The minimum absolute atomic E-state index is 0.850. The Labute approximate surface area is 94.5 Å². The first-order chi connectivity index (χ1) is 7.40. The number of rotatable bonds is 1. The molecule has 0 saturated heterocycles. The quantitative estimate of drug-likeness (QED) is 0.760. The molecule has 0 atom stereocenters. The average Bonchev–Trinajstić information content (AvgIpc) is 2.81. The lowest BCUT2D eigenvalue weighted by Gasteiger charge is -1.92. The Morgan fingerprint density at radius 1 is 1.27 bits per heavy atom. The van der Waals surface area contributed by atoms with Crippen LogP contribution >= 0.6 is 11.8 Å². The van der Waals surface area contributed by atoms with E-state index >= 15 is 0 Å². The highest BCUT2D eigenvalue weighted by molar-refractivity contribution is 7.98. The van der Waals surface area contributed by atoms with Gasteiger partial charge >= 0.3 is 0 Å². The summed E-state index contributed by atoms with van der Waals surface area (Å²) >= 11 is 1.71. The number of aliphatic hydroxyl groups is 1. The zero-order valence-corrected chi connectivity index (χ0v) is 10.3. The van der Waals surface area contributed by atoms with Crippen molar-refractivity contribution < 1.29 is 9.52 Å². The van der Waals surface area contributed by atoms with Gasteiger partial charge in [0.25, 0.3) is 0 Å². The molecule has 15 heavy (non-hydrogen) atoms. The van der Waals surface area contributed by atoms with E-state index in [2.05, 4.69) is 4.98 Å². The number of fused-ring (bicyclic) bond motifs is 1. The molecule has 2 rings (SSSR count). The smallest absolute Gasteiger partial charge is 0.181 e. The molecule has 0 aliphatic heterocycles. The van der Waals surface area contributed by atoms with E-state index < -0.39 is 0 Å². The van der Waals surface area contributed by atoms with E-state index in [9.17, 15) is 0 Å². The summed E-state index contributed by atoms with van der Waals surface area (Å²) in [4.78, 5) is 5.26. The summed E-state index contributed by atoms with van der Waals surface area (Å²) in [7, 11) is 1.00. The third kappa shape index (κ3) is 3.93. The molecule has 3 nitrogen and oxygen atoms in total. The van der Waals surface area contributed by atoms with Crippen molar-refractivity contribution >= 4 is 22.9 Å². The Bertz CT molecular complexity index is 373. The fourth-order valence-electron chi connectivity index (χ4n) is 0.965. The van der Waals surface area contributed by atoms with Crippen LogP contribution in [0.2, 0.25) is 0 Å². The predicted molar refractivity (Wildman–Crippen MR) is 65.3 cm³/mol. The number of hydrogen-bond donors (Lipinski definition) is 1. The normalized spacial score (nSPS) is 8.60. The standard InChI is InChI=1S/C8H7NOS.C2H6.CH4O/c1-11-6-2-3-8-7(4-6)9-5-10-8;2*1-2/h2-5H,1H3;1-2H3;2H,1H3. The maximum atomic E-state index is 7.00. The van der Waals surface area contributed by atoms with E-state index in [1.807, 2.05) is 38.3 Å². The van der Waals surface area contributed by atoms with Gasteiger partial charge in [0.1, 0.15) is 5.52 Å². The third-order valence-electron chi connectivity index (χ3n) is 1.54. The first kappa shape index (κ1) is 14.0. The lowest BCUT2D eigenvalue weighted by molar-refractivity contribution is 0.399. The summed E-state index contributed by atoms with van der Waals surface area (Å²) in [5.41, 5.74) is 1.78. The molecule has 1 aromatic heterocycles. The van der Waals surface area contributed by atoms with Crippen molar-refractivity contribution in [3.8, 4) is 0 Å². The number of benzene rings is 1. The lowest BCUT2D eigenvalue weighted by Crippen LogP contribution is -1.69. The van der Waals surface area contributed by atoms with E-state index in [4.69, 9.17) is 9.52 Å². The van der Waals surface area contributed by atoms with Crippen LogP contribution in [0.25, 0.3) is 11.1 Å². The SMILES string of the molecule is CC.CO.CSc1ccc2ocnc2c1. The fourth-order valence-corrected chi connectivity index (χ4v) is 1.40. The summed E-state index contributed by atoms with van der Waals surface area (Å²) in [6.45, 7) is 4.00. The minimum atomic E-state index is 0.850. The van der Waals surface area contributed by atoms with Crippen LogP contribution in [0.3, 0.4) is 0 Å². The van der Waals surface area contributed by atoms with Crippen molar-refractivity contribution in [1.29, 1.82) is 0 Å². The Morgan fingerprint density at radius 2 is 1.93 bits per heavy atom. The summed E-state index contributed by atoms with van der Waals surface area (Å²) in [6.07, 6.45) is 3.51. The molecule has 0 amide bonds. The Balaban J connectivity index is 0.000000442. The van der Waals surface area contributed by atoms with Gasteiger partial charge in [0.05, 0.1) is 0 Å². The molecule has 0 fully saturated rings. The van der Waals surface area contributed by atoms with Gasteiger partial charge in [-0.1, -0.05) is 13.8 Å². The number of oxazole rings is 1.